The van der Waals surface area contributed by atoms with Crippen LogP contribution < -0.4 is 5.32 Å². The highest BCUT2D eigenvalue weighted by atomic mass is 79.9. The molecule has 18 heavy (non-hydrogen) atoms. The highest BCUT2D eigenvalue weighted by Gasteiger charge is 2.67. The minimum absolute atomic E-state index is 0.167. The Labute approximate surface area is 117 Å². The number of fused-ring (bicyclic) bond motifs is 5. The zero-order valence-electron chi connectivity index (χ0n) is 10.9. The average Bonchev–Trinajstić information content (AvgIpc) is 2.80. The zero-order chi connectivity index (χ0) is 12.7. The van der Waals surface area contributed by atoms with Gasteiger partial charge in [-0.1, -0.05) is 15.9 Å². The van der Waals surface area contributed by atoms with Crippen LogP contribution in [0.2, 0.25) is 0 Å². The van der Waals surface area contributed by atoms with Crippen LogP contribution in [0.15, 0.2) is 0 Å². The van der Waals surface area contributed by atoms with E-state index >= 15 is 0 Å². The molecule has 0 saturated heterocycles. The average molecular weight is 316 g/mol. The largest absolute Gasteiger partial charge is 0.383 e. The van der Waals surface area contributed by atoms with Gasteiger partial charge in [0.05, 0.1) is 12.6 Å². The van der Waals surface area contributed by atoms with Crippen LogP contribution in [0, 0.1) is 29.6 Å². The van der Waals surface area contributed by atoms with Gasteiger partial charge in [0.15, 0.2) is 0 Å². The minimum atomic E-state index is 0.167. The second kappa shape index (κ2) is 5.12. The van der Waals surface area contributed by atoms with Gasteiger partial charge in [0.1, 0.15) is 0 Å². The van der Waals surface area contributed by atoms with E-state index in [9.17, 15) is 4.79 Å². The smallest absolute Gasteiger partial charge is 0.224 e. The summed E-state index contributed by atoms with van der Waals surface area (Å²) in [5.74, 6) is 3.84. The van der Waals surface area contributed by atoms with Gasteiger partial charge in [-0.15, -0.1) is 0 Å². The number of alkyl halides is 1. The number of amides is 1. The summed E-state index contributed by atoms with van der Waals surface area (Å²) >= 11 is 3.43. The van der Waals surface area contributed by atoms with Gasteiger partial charge < -0.3 is 10.1 Å². The van der Waals surface area contributed by atoms with E-state index in [1.54, 1.807) is 7.11 Å². The van der Waals surface area contributed by atoms with Gasteiger partial charge in [-0.25, -0.2) is 0 Å². The summed E-state index contributed by atoms with van der Waals surface area (Å²) < 4.78 is 5.17. The van der Waals surface area contributed by atoms with Crippen molar-refractivity contribution in [2.24, 2.45) is 29.6 Å². The van der Waals surface area contributed by atoms with Gasteiger partial charge in [-0.2, -0.15) is 0 Å². The van der Waals surface area contributed by atoms with Crippen LogP contribution in [0.3, 0.4) is 0 Å². The third-order valence-corrected chi connectivity index (χ3v) is 5.67. The number of halogens is 1. The highest BCUT2D eigenvalue weighted by molar-refractivity contribution is 9.09. The van der Waals surface area contributed by atoms with Crippen molar-refractivity contribution < 1.29 is 9.53 Å². The molecule has 3 aliphatic rings. The van der Waals surface area contributed by atoms with Crippen LogP contribution in [0.25, 0.3) is 0 Å². The summed E-state index contributed by atoms with van der Waals surface area (Å²) in [5.41, 5.74) is 0. The summed E-state index contributed by atoms with van der Waals surface area (Å²) in [6.07, 6.45) is 5.09. The molecule has 0 aromatic rings. The molecule has 0 heterocycles. The minimum Gasteiger partial charge on any atom is -0.383 e. The summed E-state index contributed by atoms with van der Waals surface area (Å²) in [7, 11) is 1.69. The maximum Gasteiger partial charge on any atom is 0.224 e. The first kappa shape index (κ1) is 12.9. The van der Waals surface area contributed by atoms with Crippen molar-refractivity contribution in [2.45, 2.75) is 31.7 Å². The van der Waals surface area contributed by atoms with Crippen molar-refractivity contribution in [2.75, 3.05) is 19.0 Å². The number of hydrogen-bond donors (Lipinski definition) is 1. The molecule has 5 unspecified atom stereocenters. The lowest BCUT2D eigenvalue weighted by molar-refractivity contribution is -0.124. The molecule has 0 aromatic heterocycles. The van der Waals surface area contributed by atoms with Gasteiger partial charge in [0, 0.05) is 18.4 Å². The van der Waals surface area contributed by atoms with Crippen molar-refractivity contribution in [3.63, 3.8) is 0 Å². The number of carbonyl (C=O) groups is 1. The van der Waals surface area contributed by atoms with Gasteiger partial charge in [-0.3, -0.25) is 4.79 Å². The Morgan fingerprint density at radius 1 is 1.39 bits per heavy atom. The molecule has 3 rings (SSSR count). The first-order chi connectivity index (χ1) is 8.76. The molecule has 0 aliphatic heterocycles. The molecule has 0 spiro atoms. The fourth-order valence-electron chi connectivity index (χ4n) is 4.50. The van der Waals surface area contributed by atoms with E-state index < -0.39 is 0 Å². The molecule has 0 aromatic carbocycles. The second-order valence-electron chi connectivity index (χ2n) is 6.15. The molecule has 3 saturated carbocycles. The van der Waals surface area contributed by atoms with E-state index in [1.807, 2.05) is 0 Å². The number of rotatable bonds is 6. The van der Waals surface area contributed by atoms with E-state index in [0.29, 0.717) is 18.4 Å². The number of carbonyl (C=O) groups excluding carboxylic acids is 1. The van der Waals surface area contributed by atoms with Crippen molar-refractivity contribution in [3.8, 4) is 0 Å². The van der Waals surface area contributed by atoms with Crippen LogP contribution >= 0.6 is 15.9 Å². The SMILES string of the molecule is COCC(CCBr)NC(=O)C1C2C3CCC(C3)C12. The standard InChI is InChI=1S/C14H22BrNO2/c1-18-7-10(4-5-15)16-14(17)13-11-8-2-3-9(6-8)12(11)13/h8-13H,2-7H2,1H3,(H,16,17). The van der Waals surface area contributed by atoms with Crippen LogP contribution in [-0.2, 0) is 9.53 Å². The second-order valence-corrected chi connectivity index (χ2v) is 6.95. The van der Waals surface area contributed by atoms with E-state index in [1.165, 1.54) is 19.3 Å². The molecular formula is C14H22BrNO2. The monoisotopic (exact) mass is 315 g/mol. The Morgan fingerprint density at radius 3 is 2.61 bits per heavy atom. The Balaban J connectivity index is 1.53. The number of hydrogen-bond acceptors (Lipinski definition) is 2. The number of nitrogens with one attached hydrogen (secondary N) is 1. The molecule has 5 atom stereocenters. The fourth-order valence-corrected chi connectivity index (χ4v) is 5.06. The van der Waals surface area contributed by atoms with E-state index in [-0.39, 0.29) is 6.04 Å². The van der Waals surface area contributed by atoms with Crippen LogP contribution in [-0.4, -0.2) is 31.0 Å². The van der Waals surface area contributed by atoms with Gasteiger partial charge in [0.25, 0.3) is 0 Å². The Hall–Kier alpha value is -0.0900. The van der Waals surface area contributed by atoms with Gasteiger partial charge >= 0.3 is 0 Å². The lowest BCUT2D eigenvalue weighted by Crippen LogP contribution is -2.40. The highest BCUT2D eigenvalue weighted by Crippen LogP contribution is 2.69. The van der Waals surface area contributed by atoms with Crippen molar-refractivity contribution in [1.29, 1.82) is 0 Å². The summed E-state index contributed by atoms with van der Waals surface area (Å²) in [6, 6.07) is 0.167. The van der Waals surface area contributed by atoms with Crippen molar-refractivity contribution in [3.05, 3.63) is 0 Å². The topological polar surface area (TPSA) is 38.3 Å². The zero-order valence-corrected chi connectivity index (χ0v) is 12.5. The van der Waals surface area contributed by atoms with Crippen molar-refractivity contribution in [1.82, 2.24) is 5.32 Å². The first-order valence-corrected chi connectivity index (χ1v) is 8.23. The van der Waals surface area contributed by atoms with Crippen LogP contribution in [0.1, 0.15) is 25.7 Å². The molecule has 2 bridgehead atoms. The molecule has 4 heteroatoms. The van der Waals surface area contributed by atoms with E-state index in [4.69, 9.17) is 4.74 Å². The fraction of sp³-hybridized carbons (Fsp3) is 0.929. The summed E-state index contributed by atoms with van der Waals surface area (Å²) in [5, 5.41) is 4.09. The van der Waals surface area contributed by atoms with Gasteiger partial charge in [-0.05, 0) is 49.4 Å². The van der Waals surface area contributed by atoms with Crippen LogP contribution in [0.4, 0.5) is 0 Å². The summed E-state index contributed by atoms with van der Waals surface area (Å²) in [6.45, 7) is 0.617. The van der Waals surface area contributed by atoms with E-state index in [0.717, 1.165) is 35.4 Å². The van der Waals surface area contributed by atoms with Gasteiger partial charge in [0.2, 0.25) is 5.91 Å². The Kier molecular flexibility index (Phi) is 3.68. The maximum atomic E-state index is 12.3. The molecule has 3 fully saturated rings. The Morgan fingerprint density at radius 2 is 2.06 bits per heavy atom. The normalized spacial score (nSPS) is 41.6. The molecule has 3 nitrogen and oxygen atoms in total. The molecule has 102 valence electrons. The predicted molar refractivity (Wildman–Crippen MR) is 73.5 cm³/mol. The maximum absolute atomic E-state index is 12.3. The molecule has 0 radical (unpaired) electrons. The molecular weight excluding hydrogens is 294 g/mol. The van der Waals surface area contributed by atoms with Crippen LogP contribution in [0.5, 0.6) is 0 Å². The van der Waals surface area contributed by atoms with Crippen molar-refractivity contribution >= 4 is 21.8 Å². The first-order valence-electron chi connectivity index (χ1n) is 7.11. The molecule has 3 aliphatic carbocycles. The molecule has 1 amide bonds. The third-order valence-electron chi connectivity index (χ3n) is 5.21. The third kappa shape index (κ3) is 2.11. The molecule has 1 N–H and O–H groups in total. The number of ether oxygens (including phenoxy) is 1. The number of methoxy groups -OCH3 is 1. The lowest BCUT2D eigenvalue weighted by atomic mass is 10.0. The summed E-state index contributed by atoms with van der Waals surface area (Å²) in [4.78, 5) is 12.3. The Bertz CT molecular complexity index is 314. The lowest BCUT2D eigenvalue weighted by Gasteiger charge is -2.18. The quantitative estimate of drug-likeness (QED) is 0.763. The predicted octanol–water partition coefficient (Wildman–Crippen LogP) is 2.19. The van der Waals surface area contributed by atoms with E-state index in [2.05, 4.69) is 21.2 Å².